The Morgan fingerprint density at radius 3 is 2.94 bits per heavy atom. The van der Waals surface area contributed by atoms with Gasteiger partial charge in [-0.3, -0.25) is 4.90 Å². The van der Waals surface area contributed by atoms with Crippen molar-refractivity contribution in [1.82, 2.24) is 14.9 Å². The van der Waals surface area contributed by atoms with Crippen molar-refractivity contribution in [2.24, 2.45) is 0 Å². The lowest BCUT2D eigenvalue weighted by Crippen LogP contribution is -2.38. The molecule has 0 radical (unpaired) electrons. The van der Waals surface area contributed by atoms with Gasteiger partial charge in [-0.15, -0.1) is 0 Å². The maximum Gasteiger partial charge on any atom is 0.144 e. The molecule has 1 aliphatic rings. The zero-order chi connectivity index (χ0) is 12.3. The van der Waals surface area contributed by atoms with Crippen LogP contribution >= 0.6 is 0 Å². The third kappa shape index (κ3) is 3.16. The Morgan fingerprint density at radius 1 is 1.41 bits per heavy atom. The Kier molecular flexibility index (Phi) is 3.94. The maximum absolute atomic E-state index is 5.76. The van der Waals surface area contributed by atoms with Gasteiger partial charge in [0.1, 0.15) is 11.6 Å². The summed E-state index contributed by atoms with van der Waals surface area (Å²) in [4.78, 5) is 11.3. The smallest absolute Gasteiger partial charge is 0.144 e. The van der Waals surface area contributed by atoms with Gasteiger partial charge in [-0.2, -0.15) is 0 Å². The molecule has 1 aromatic rings. The highest BCUT2D eigenvalue weighted by atomic mass is 15.2. The van der Waals surface area contributed by atoms with E-state index in [2.05, 4.69) is 21.8 Å². The molecule has 2 heterocycles. The Balaban J connectivity index is 2.08. The molecule has 0 aromatic carbocycles. The molecule has 0 spiro atoms. The van der Waals surface area contributed by atoms with E-state index in [-0.39, 0.29) is 0 Å². The quantitative estimate of drug-likeness (QED) is 0.870. The fourth-order valence-electron chi connectivity index (χ4n) is 2.64. The second kappa shape index (κ2) is 5.45. The van der Waals surface area contributed by atoms with E-state index in [9.17, 15) is 0 Å². The minimum atomic E-state index is 0.581. The lowest BCUT2D eigenvalue weighted by Gasteiger charge is -2.34. The van der Waals surface area contributed by atoms with Crippen LogP contribution in [0, 0.1) is 6.92 Å². The van der Waals surface area contributed by atoms with Crippen molar-refractivity contribution in [2.75, 3.05) is 12.3 Å². The first kappa shape index (κ1) is 12.3. The molecule has 1 atom stereocenters. The van der Waals surface area contributed by atoms with Gasteiger partial charge in [-0.1, -0.05) is 13.3 Å². The van der Waals surface area contributed by atoms with Crippen molar-refractivity contribution in [3.05, 3.63) is 17.6 Å². The van der Waals surface area contributed by atoms with Crippen LogP contribution in [0.2, 0.25) is 0 Å². The van der Waals surface area contributed by atoms with E-state index >= 15 is 0 Å². The summed E-state index contributed by atoms with van der Waals surface area (Å²) in [6.07, 6.45) is 5.16. The van der Waals surface area contributed by atoms with Crippen molar-refractivity contribution < 1.29 is 0 Å². The highest BCUT2D eigenvalue weighted by Crippen LogP contribution is 2.21. The Labute approximate surface area is 103 Å². The molecular formula is C13H22N4. The predicted molar refractivity (Wildman–Crippen MR) is 69.5 cm³/mol. The fraction of sp³-hybridized carbons (Fsp3) is 0.692. The number of aromatic nitrogens is 2. The summed E-state index contributed by atoms with van der Waals surface area (Å²) in [5.74, 6) is 1.44. The lowest BCUT2D eigenvalue weighted by atomic mass is 10.0. The van der Waals surface area contributed by atoms with Gasteiger partial charge in [-0.05, 0) is 32.7 Å². The number of aryl methyl sites for hydroxylation is 1. The predicted octanol–water partition coefficient (Wildman–Crippen LogP) is 2.13. The lowest BCUT2D eigenvalue weighted by molar-refractivity contribution is 0.132. The third-order valence-corrected chi connectivity index (χ3v) is 3.49. The largest absolute Gasteiger partial charge is 0.384 e. The molecule has 0 amide bonds. The van der Waals surface area contributed by atoms with E-state index in [1.165, 1.54) is 25.7 Å². The molecular weight excluding hydrogens is 212 g/mol. The van der Waals surface area contributed by atoms with E-state index in [0.717, 1.165) is 24.6 Å². The minimum Gasteiger partial charge on any atom is -0.384 e. The molecule has 17 heavy (non-hydrogen) atoms. The molecule has 0 bridgehead atoms. The highest BCUT2D eigenvalue weighted by molar-refractivity contribution is 5.29. The first-order valence-electron chi connectivity index (χ1n) is 6.53. The molecule has 94 valence electrons. The molecule has 1 saturated heterocycles. The number of nitrogens with two attached hydrogens (primary N) is 1. The number of nitrogen functional groups attached to an aromatic ring is 1. The summed E-state index contributed by atoms with van der Waals surface area (Å²) in [5, 5.41) is 0. The van der Waals surface area contributed by atoms with Crippen molar-refractivity contribution in [2.45, 2.75) is 52.1 Å². The number of anilines is 1. The first-order chi connectivity index (χ1) is 8.19. The van der Waals surface area contributed by atoms with Gasteiger partial charge in [-0.25, -0.2) is 9.97 Å². The molecule has 1 unspecified atom stereocenters. The van der Waals surface area contributed by atoms with Crippen LogP contribution in [0.1, 0.15) is 44.1 Å². The van der Waals surface area contributed by atoms with Gasteiger partial charge in [0, 0.05) is 17.8 Å². The Bertz CT molecular complexity index is 357. The summed E-state index contributed by atoms with van der Waals surface area (Å²) in [7, 11) is 0. The molecule has 2 N–H and O–H groups in total. The molecule has 0 aliphatic carbocycles. The SMILES string of the molecule is CCC1CCCCN1Cc1nc(C)cc(N)n1. The first-order valence-corrected chi connectivity index (χ1v) is 6.53. The average molecular weight is 234 g/mol. The molecule has 1 aromatic heterocycles. The second-order valence-corrected chi connectivity index (χ2v) is 4.88. The van der Waals surface area contributed by atoms with Crippen LogP contribution in [0.4, 0.5) is 5.82 Å². The fourth-order valence-corrected chi connectivity index (χ4v) is 2.64. The minimum absolute atomic E-state index is 0.581. The van der Waals surface area contributed by atoms with E-state index in [4.69, 9.17) is 5.73 Å². The molecule has 1 fully saturated rings. The van der Waals surface area contributed by atoms with Crippen LogP contribution in [0.5, 0.6) is 0 Å². The van der Waals surface area contributed by atoms with Gasteiger partial charge < -0.3 is 5.73 Å². The number of rotatable bonds is 3. The number of nitrogens with zero attached hydrogens (tertiary/aromatic N) is 3. The van der Waals surface area contributed by atoms with Crippen molar-refractivity contribution in [3.63, 3.8) is 0 Å². The van der Waals surface area contributed by atoms with Crippen LogP contribution in [-0.4, -0.2) is 27.5 Å². The summed E-state index contributed by atoms with van der Waals surface area (Å²) in [5.41, 5.74) is 6.72. The van der Waals surface area contributed by atoms with Gasteiger partial charge >= 0.3 is 0 Å². The van der Waals surface area contributed by atoms with Crippen molar-refractivity contribution in [1.29, 1.82) is 0 Å². The van der Waals surface area contributed by atoms with Crippen LogP contribution < -0.4 is 5.73 Å². The van der Waals surface area contributed by atoms with Crippen LogP contribution in [0.3, 0.4) is 0 Å². The zero-order valence-electron chi connectivity index (χ0n) is 10.8. The summed E-state index contributed by atoms with van der Waals surface area (Å²) in [6, 6.07) is 2.51. The monoisotopic (exact) mass is 234 g/mol. The Morgan fingerprint density at radius 2 is 2.24 bits per heavy atom. The third-order valence-electron chi connectivity index (χ3n) is 3.49. The van der Waals surface area contributed by atoms with Crippen LogP contribution in [0.25, 0.3) is 0 Å². The highest BCUT2D eigenvalue weighted by Gasteiger charge is 2.21. The zero-order valence-corrected chi connectivity index (χ0v) is 10.8. The van der Waals surface area contributed by atoms with Crippen molar-refractivity contribution >= 4 is 5.82 Å². The van der Waals surface area contributed by atoms with E-state index < -0.39 is 0 Å². The molecule has 4 heteroatoms. The van der Waals surface area contributed by atoms with Crippen LogP contribution in [-0.2, 0) is 6.54 Å². The average Bonchev–Trinajstić information content (AvgIpc) is 2.28. The van der Waals surface area contributed by atoms with Gasteiger partial charge in [0.15, 0.2) is 0 Å². The number of likely N-dealkylation sites (tertiary alicyclic amines) is 1. The van der Waals surface area contributed by atoms with Gasteiger partial charge in [0.05, 0.1) is 6.54 Å². The van der Waals surface area contributed by atoms with Gasteiger partial charge in [0.25, 0.3) is 0 Å². The summed E-state index contributed by atoms with van der Waals surface area (Å²) < 4.78 is 0. The number of hydrogen-bond acceptors (Lipinski definition) is 4. The maximum atomic E-state index is 5.76. The summed E-state index contributed by atoms with van der Waals surface area (Å²) in [6.45, 7) is 6.23. The Hall–Kier alpha value is -1.16. The normalized spacial score (nSPS) is 21.6. The molecule has 4 nitrogen and oxygen atoms in total. The number of piperidine rings is 1. The second-order valence-electron chi connectivity index (χ2n) is 4.88. The van der Waals surface area contributed by atoms with E-state index in [0.29, 0.717) is 11.9 Å². The van der Waals surface area contributed by atoms with Gasteiger partial charge in [0.2, 0.25) is 0 Å². The van der Waals surface area contributed by atoms with E-state index in [1.54, 1.807) is 0 Å². The summed E-state index contributed by atoms with van der Waals surface area (Å²) >= 11 is 0. The topological polar surface area (TPSA) is 55.0 Å². The van der Waals surface area contributed by atoms with E-state index in [1.807, 2.05) is 13.0 Å². The molecule has 1 aliphatic heterocycles. The standard InChI is InChI=1S/C13H22N4/c1-3-11-6-4-5-7-17(11)9-13-15-10(2)8-12(14)16-13/h8,11H,3-7,9H2,1-2H3,(H2,14,15,16). The van der Waals surface area contributed by atoms with Crippen LogP contribution in [0.15, 0.2) is 6.07 Å². The molecule has 2 rings (SSSR count). The number of hydrogen-bond donors (Lipinski definition) is 1. The molecule has 0 saturated carbocycles. The van der Waals surface area contributed by atoms with Crippen molar-refractivity contribution in [3.8, 4) is 0 Å².